The van der Waals surface area contributed by atoms with Crippen LogP contribution in [0.1, 0.15) is 86.9 Å². The Bertz CT molecular complexity index is 819. The number of anilines is 2. The zero-order valence-electron chi connectivity index (χ0n) is 21.7. The van der Waals surface area contributed by atoms with E-state index in [2.05, 4.69) is 35.1 Å². The van der Waals surface area contributed by atoms with E-state index in [0.29, 0.717) is 30.3 Å². The molecule has 0 aliphatic heterocycles. The topological polar surface area (TPSA) is 82.3 Å². The summed E-state index contributed by atoms with van der Waals surface area (Å²) < 4.78 is 0. The molecular formula is C28H44N4O2. The molecule has 6 nitrogen and oxygen atoms in total. The molecule has 1 atom stereocenters. The Morgan fingerprint density at radius 3 is 1.53 bits per heavy atom. The number of unbranched alkanes of at least 4 members (excludes halogenated alkanes) is 4. The van der Waals surface area contributed by atoms with Gasteiger partial charge in [-0.25, -0.2) is 0 Å². The fourth-order valence-electron chi connectivity index (χ4n) is 3.28. The molecule has 0 saturated carbocycles. The highest BCUT2D eigenvalue weighted by atomic mass is 16.2. The van der Waals surface area contributed by atoms with Gasteiger partial charge in [-0.15, -0.1) is 0 Å². The molecule has 0 aliphatic rings. The summed E-state index contributed by atoms with van der Waals surface area (Å²) in [6.45, 7) is 9.65. The SMILES string of the molecule is CC.CCC(C)Nc1ccc(C(=O)NCCCCCCCNC(=O)c2ccc(NC)cc2)cc1. The Kier molecular flexibility index (Phi) is 14.9. The van der Waals surface area contributed by atoms with Crippen LogP contribution in [0.3, 0.4) is 0 Å². The summed E-state index contributed by atoms with van der Waals surface area (Å²) in [5.74, 6) is -0.0513. The van der Waals surface area contributed by atoms with Crippen molar-refractivity contribution in [1.82, 2.24) is 10.6 Å². The minimum atomic E-state index is -0.0287. The van der Waals surface area contributed by atoms with Crippen LogP contribution >= 0.6 is 0 Å². The van der Waals surface area contributed by atoms with Crippen LogP contribution in [0.2, 0.25) is 0 Å². The van der Waals surface area contributed by atoms with Crippen molar-refractivity contribution in [3.05, 3.63) is 59.7 Å². The molecule has 188 valence electrons. The summed E-state index contributed by atoms with van der Waals surface area (Å²) in [6, 6.07) is 15.5. The summed E-state index contributed by atoms with van der Waals surface area (Å²) in [7, 11) is 1.86. The minimum Gasteiger partial charge on any atom is -0.388 e. The van der Waals surface area contributed by atoms with Gasteiger partial charge < -0.3 is 21.3 Å². The largest absolute Gasteiger partial charge is 0.388 e. The molecule has 2 aromatic carbocycles. The molecule has 6 heteroatoms. The highest BCUT2D eigenvalue weighted by Crippen LogP contribution is 2.12. The zero-order valence-corrected chi connectivity index (χ0v) is 21.7. The summed E-state index contributed by atoms with van der Waals surface area (Å²) in [4.78, 5) is 24.4. The predicted molar refractivity (Wildman–Crippen MR) is 145 cm³/mol. The average Bonchev–Trinajstić information content (AvgIpc) is 2.89. The molecule has 0 fully saturated rings. The maximum Gasteiger partial charge on any atom is 0.251 e. The number of hydrogen-bond donors (Lipinski definition) is 4. The third-order valence-corrected chi connectivity index (χ3v) is 5.53. The maximum absolute atomic E-state index is 12.2. The van der Waals surface area contributed by atoms with Crippen LogP contribution < -0.4 is 21.3 Å². The second-order valence-corrected chi connectivity index (χ2v) is 8.14. The zero-order chi connectivity index (χ0) is 25.2. The molecular weight excluding hydrogens is 424 g/mol. The number of hydrogen-bond acceptors (Lipinski definition) is 4. The number of carbonyl (C=O) groups is 2. The van der Waals surface area contributed by atoms with Crippen molar-refractivity contribution in [3.63, 3.8) is 0 Å². The Morgan fingerprint density at radius 2 is 1.12 bits per heavy atom. The Balaban J connectivity index is 0.00000281. The molecule has 0 spiro atoms. The van der Waals surface area contributed by atoms with Gasteiger partial charge in [0, 0.05) is 48.7 Å². The van der Waals surface area contributed by atoms with Crippen LogP contribution in [-0.4, -0.2) is 38.0 Å². The number of amides is 2. The highest BCUT2D eigenvalue weighted by Gasteiger charge is 2.06. The lowest BCUT2D eigenvalue weighted by Crippen LogP contribution is -2.24. The average molecular weight is 469 g/mol. The third-order valence-electron chi connectivity index (χ3n) is 5.53. The van der Waals surface area contributed by atoms with Gasteiger partial charge in [0.15, 0.2) is 0 Å². The van der Waals surface area contributed by atoms with Crippen LogP contribution in [0.4, 0.5) is 11.4 Å². The van der Waals surface area contributed by atoms with Gasteiger partial charge in [-0.2, -0.15) is 0 Å². The molecule has 0 saturated heterocycles. The summed E-state index contributed by atoms with van der Waals surface area (Å²) >= 11 is 0. The first-order chi connectivity index (χ1) is 16.5. The van der Waals surface area contributed by atoms with E-state index >= 15 is 0 Å². The van der Waals surface area contributed by atoms with Crippen LogP contribution in [-0.2, 0) is 0 Å². The standard InChI is InChI=1S/C26H38N4O2.C2H6/c1-4-20(2)30-24-16-12-22(13-17-24)26(32)29-19-9-7-5-6-8-18-28-25(31)21-10-14-23(27-3)15-11-21;1-2/h10-17,20,27,30H,4-9,18-19H2,1-3H3,(H,28,31)(H,29,32);1-2H3. The molecule has 0 aromatic heterocycles. The van der Waals surface area contributed by atoms with Crippen LogP contribution in [0, 0.1) is 0 Å². The first kappa shape index (κ1) is 29.0. The lowest BCUT2D eigenvalue weighted by atomic mass is 10.1. The molecule has 34 heavy (non-hydrogen) atoms. The number of rotatable bonds is 14. The lowest BCUT2D eigenvalue weighted by Gasteiger charge is -2.13. The fourth-order valence-corrected chi connectivity index (χ4v) is 3.28. The highest BCUT2D eigenvalue weighted by molar-refractivity contribution is 5.95. The Morgan fingerprint density at radius 1 is 0.706 bits per heavy atom. The first-order valence-corrected chi connectivity index (χ1v) is 12.7. The van der Waals surface area contributed by atoms with Crippen molar-refractivity contribution in [2.24, 2.45) is 0 Å². The van der Waals surface area contributed by atoms with Crippen molar-refractivity contribution >= 4 is 23.2 Å². The van der Waals surface area contributed by atoms with Gasteiger partial charge in [0.05, 0.1) is 0 Å². The van der Waals surface area contributed by atoms with Crippen LogP contribution in [0.25, 0.3) is 0 Å². The summed E-state index contributed by atoms with van der Waals surface area (Å²) in [6.07, 6.45) is 6.21. The first-order valence-electron chi connectivity index (χ1n) is 12.7. The number of nitrogens with one attached hydrogen (secondary N) is 4. The molecule has 0 radical (unpaired) electrons. The second kappa shape index (κ2) is 17.5. The molecule has 0 heterocycles. The lowest BCUT2D eigenvalue weighted by molar-refractivity contribution is 0.0945. The van der Waals surface area contributed by atoms with Gasteiger partial charge in [0.1, 0.15) is 0 Å². The van der Waals surface area contributed by atoms with Crippen LogP contribution in [0.5, 0.6) is 0 Å². The second-order valence-electron chi connectivity index (χ2n) is 8.14. The molecule has 4 N–H and O–H groups in total. The van der Waals surface area contributed by atoms with Crippen molar-refractivity contribution in [1.29, 1.82) is 0 Å². The van der Waals surface area contributed by atoms with E-state index in [9.17, 15) is 9.59 Å². The fraction of sp³-hybridized carbons (Fsp3) is 0.500. The number of benzene rings is 2. The van der Waals surface area contributed by atoms with Gasteiger partial charge in [-0.05, 0) is 74.7 Å². The quantitative estimate of drug-likeness (QED) is 0.253. The molecule has 1 unspecified atom stereocenters. The van der Waals surface area contributed by atoms with Crippen LogP contribution in [0.15, 0.2) is 48.5 Å². The molecule has 0 aliphatic carbocycles. The molecule has 2 amide bonds. The van der Waals surface area contributed by atoms with E-state index in [1.165, 1.54) is 0 Å². The monoisotopic (exact) mass is 468 g/mol. The van der Waals surface area contributed by atoms with Gasteiger partial charge >= 0.3 is 0 Å². The normalized spacial score (nSPS) is 11.0. The van der Waals surface area contributed by atoms with E-state index in [-0.39, 0.29) is 11.8 Å². The van der Waals surface area contributed by atoms with Gasteiger partial charge in [-0.1, -0.05) is 40.0 Å². The van der Waals surface area contributed by atoms with Gasteiger partial charge in [0.2, 0.25) is 0 Å². The number of carbonyl (C=O) groups excluding carboxylic acids is 2. The smallest absolute Gasteiger partial charge is 0.251 e. The van der Waals surface area contributed by atoms with Crippen molar-refractivity contribution < 1.29 is 9.59 Å². The van der Waals surface area contributed by atoms with Gasteiger partial charge in [-0.3, -0.25) is 9.59 Å². The van der Waals surface area contributed by atoms with Gasteiger partial charge in [0.25, 0.3) is 11.8 Å². The molecule has 0 bridgehead atoms. The molecule has 2 aromatic rings. The van der Waals surface area contributed by atoms with E-state index in [1.807, 2.05) is 69.4 Å². The Hall–Kier alpha value is -3.02. The van der Waals surface area contributed by atoms with E-state index in [1.54, 1.807) is 0 Å². The molecule has 2 rings (SSSR count). The van der Waals surface area contributed by atoms with Crippen molar-refractivity contribution in [3.8, 4) is 0 Å². The summed E-state index contributed by atoms with van der Waals surface area (Å²) in [5, 5.41) is 12.4. The minimum absolute atomic E-state index is 0.0226. The maximum atomic E-state index is 12.2. The van der Waals surface area contributed by atoms with Crippen molar-refractivity contribution in [2.75, 3.05) is 30.8 Å². The van der Waals surface area contributed by atoms with E-state index < -0.39 is 0 Å². The van der Waals surface area contributed by atoms with E-state index in [4.69, 9.17) is 0 Å². The summed E-state index contributed by atoms with van der Waals surface area (Å²) in [5.41, 5.74) is 3.40. The third kappa shape index (κ3) is 11.2. The predicted octanol–water partition coefficient (Wildman–Crippen LogP) is 6.08. The Labute approximate surface area is 206 Å². The van der Waals surface area contributed by atoms with E-state index in [0.717, 1.165) is 49.9 Å². The van der Waals surface area contributed by atoms with Crippen molar-refractivity contribution in [2.45, 2.75) is 72.3 Å².